The molecule has 2 atom stereocenters. The van der Waals surface area contributed by atoms with Gasteiger partial charge >= 0.3 is 0 Å². The molecule has 1 aliphatic carbocycles. The molecule has 0 saturated heterocycles. The van der Waals surface area contributed by atoms with Gasteiger partial charge in [-0.25, -0.2) is 19.3 Å². The fraction of sp³-hybridized carbons (Fsp3) is 0.400. The Labute approximate surface area is 166 Å². The maximum Gasteiger partial charge on any atom is 0.183 e. The van der Waals surface area contributed by atoms with E-state index in [1.54, 1.807) is 25.4 Å². The van der Waals surface area contributed by atoms with Crippen molar-refractivity contribution in [1.29, 1.82) is 0 Å². The maximum atomic E-state index is 14.4. The van der Waals surface area contributed by atoms with E-state index in [1.807, 2.05) is 0 Å². The molecule has 0 unspecified atom stereocenters. The van der Waals surface area contributed by atoms with E-state index in [0.717, 1.165) is 31.1 Å². The number of nitrogens with zero attached hydrogens (tertiary/aromatic N) is 3. The Hall–Kier alpha value is -2.54. The van der Waals surface area contributed by atoms with E-state index in [-0.39, 0.29) is 17.6 Å². The lowest BCUT2D eigenvalue weighted by Gasteiger charge is -2.29. The third kappa shape index (κ3) is 3.99. The Morgan fingerprint density at radius 2 is 2.21 bits per heavy atom. The van der Waals surface area contributed by atoms with Crippen LogP contribution < -0.4 is 5.32 Å². The monoisotopic (exact) mass is 401 g/mol. The number of hydrogen-bond acceptors (Lipinski definition) is 5. The Morgan fingerprint density at radius 1 is 1.36 bits per heavy atom. The van der Waals surface area contributed by atoms with Crippen LogP contribution in [0.2, 0.25) is 5.02 Å². The molecule has 4 rings (SSSR count). The summed E-state index contributed by atoms with van der Waals surface area (Å²) >= 11 is 6.06. The van der Waals surface area contributed by atoms with Crippen LogP contribution in [0.3, 0.4) is 0 Å². The minimum atomic E-state index is -0.492. The van der Waals surface area contributed by atoms with Crippen LogP contribution in [0.25, 0.3) is 22.4 Å². The Kier molecular flexibility index (Phi) is 5.26. The molecule has 0 amide bonds. The Morgan fingerprint density at radius 3 is 3.04 bits per heavy atom. The van der Waals surface area contributed by atoms with Crippen molar-refractivity contribution in [3.8, 4) is 11.4 Å². The highest BCUT2D eigenvalue weighted by atomic mass is 35.5. The number of nitrogens with one attached hydrogen (secondary N) is 2. The SMILES string of the molecule is CC(=O)C[C@@H]1CCC[C@H](Nc2nc(-c3c[nH]c4ncc(Cl)cc34)ncc2F)C1. The summed E-state index contributed by atoms with van der Waals surface area (Å²) in [4.78, 5) is 27.3. The van der Waals surface area contributed by atoms with E-state index in [9.17, 15) is 9.18 Å². The minimum absolute atomic E-state index is 0.0921. The second-order valence-electron chi connectivity index (χ2n) is 7.42. The van der Waals surface area contributed by atoms with Crippen molar-refractivity contribution >= 4 is 34.2 Å². The predicted octanol–water partition coefficient (Wildman–Crippen LogP) is 4.76. The van der Waals surface area contributed by atoms with E-state index in [1.165, 1.54) is 6.20 Å². The molecule has 3 aromatic heterocycles. The van der Waals surface area contributed by atoms with Crippen molar-refractivity contribution in [3.63, 3.8) is 0 Å². The third-order valence-electron chi connectivity index (χ3n) is 5.18. The Balaban J connectivity index is 1.59. The second-order valence-corrected chi connectivity index (χ2v) is 7.86. The third-order valence-corrected chi connectivity index (χ3v) is 5.39. The lowest BCUT2D eigenvalue weighted by molar-refractivity contribution is -0.118. The van der Waals surface area contributed by atoms with Crippen LogP contribution in [0.4, 0.5) is 10.2 Å². The molecule has 28 heavy (non-hydrogen) atoms. The lowest BCUT2D eigenvalue weighted by atomic mass is 9.83. The molecule has 6 nitrogen and oxygen atoms in total. The fourth-order valence-electron chi connectivity index (χ4n) is 3.97. The number of aromatic amines is 1. The topological polar surface area (TPSA) is 83.6 Å². The standard InChI is InChI=1S/C20H21ClFN5O/c1-11(28)5-12-3-2-4-14(6-12)26-20-17(22)10-25-19(27-20)16-9-24-18-15(16)7-13(21)8-23-18/h7-10,12,14H,2-6H2,1H3,(H,23,24)(H,25,26,27)/t12-,14-/m0/s1. The van der Waals surface area contributed by atoms with Crippen LogP contribution in [-0.4, -0.2) is 31.8 Å². The van der Waals surface area contributed by atoms with Crippen molar-refractivity contribution < 1.29 is 9.18 Å². The number of hydrogen-bond donors (Lipinski definition) is 2. The molecule has 0 aliphatic heterocycles. The van der Waals surface area contributed by atoms with Crippen molar-refractivity contribution in [1.82, 2.24) is 19.9 Å². The summed E-state index contributed by atoms with van der Waals surface area (Å²) in [6, 6.07) is 1.87. The quantitative estimate of drug-likeness (QED) is 0.643. The number of fused-ring (bicyclic) bond motifs is 1. The molecule has 2 N–H and O–H groups in total. The van der Waals surface area contributed by atoms with Crippen LogP contribution in [-0.2, 0) is 4.79 Å². The molecule has 0 spiro atoms. The number of rotatable bonds is 5. The highest BCUT2D eigenvalue weighted by Crippen LogP contribution is 2.31. The summed E-state index contributed by atoms with van der Waals surface area (Å²) in [7, 11) is 0. The number of H-pyrrole nitrogens is 1. The van der Waals surface area contributed by atoms with Gasteiger partial charge in [-0.05, 0) is 38.2 Å². The number of pyridine rings is 1. The number of carbonyl (C=O) groups excluding carboxylic acids is 1. The van der Waals surface area contributed by atoms with E-state index in [4.69, 9.17) is 11.6 Å². The van der Waals surface area contributed by atoms with E-state index in [0.29, 0.717) is 34.4 Å². The Bertz CT molecular complexity index is 1020. The van der Waals surface area contributed by atoms with Crippen molar-refractivity contribution in [3.05, 3.63) is 35.5 Å². The van der Waals surface area contributed by atoms with Gasteiger partial charge in [0, 0.05) is 35.8 Å². The van der Waals surface area contributed by atoms with Gasteiger partial charge in [0.1, 0.15) is 11.4 Å². The van der Waals surface area contributed by atoms with Crippen LogP contribution in [0.15, 0.2) is 24.7 Å². The van der Waals surface area contributed by atoms with Gasteiger partial charge in [-0.2, -0.15) is 0 Å². The van der Waals surface area contributed by atoms with Gasteiger partial charge in [0.25, 0.3) is 0 Å². The number of carbonyl (C=O) groups is 1. The molecule has 3 aromatic rings. The summed E-state index contributed by atoms with van der Waals surface area (Å²) in [6.07, 6.45) is 8.89. The summed E-state index contributed by atoms with van der Waals surface area (Å²) in [5.74, 6) is 0.634. The number of halogens is 2. The summed E-state index contributed by atoms with van der Waals surface area (Å²) in [5, 5.41) is 4.51. The first-order valence-corrected chi connectivity index (χ1v) is 9.79. The highest BCUT2D eigenvalue weighted by molar-refractivity contribution is 6.31. The molecule has 1 fully saturated rings. The number of aromatic nitrogens is 4. The zero-order chi connectivity index (χ0) is 19.7. The van der Waals surface area contributed by atoms with Gasteiger partial charge < -0.3 is 15.1 Å². The van der Waals surface area contributed by atoms with Gasteiger partial charge in [0.15, 0.2) is 17.5 Å². The highest BCUT2D eigenvalue weighted by Gasteiger charge is 2.24. The molecule has 8 heteroatoms. The van der Waals surface area contributed by atoms with Crippen molar-refractivity contribution in [2.75, 3.05) is 5.32 Å². The first-order valence-electron chi connectivity index (χ1n) is 9.41. The average Bonchev–Trinajstić information content (AvgIpc) is 3.06. The van der Waals surface area contributed by atoms with Gasteiger partial charge in [-0.3, -0.25) is 0 Å². The summed E-state index contributed by atoms with van der Waals surface area (Å²) in [5.41, 5.74) is 1.38. The van der Waals surface area contributed by atoms with Gasteiger partial charge in [-0.1, -0.05) is 18.0 Å². The second kappa shape index (κ2) is 7.83. The predicted molar refractivity (Wildman–Crippen MR) is 107 cm³/mol. The molecular formula is C20H21ClFN5O. The zero-order valence-electron chi connectivity index (χ0n) is 15.5. The van der Waals surface area contributed by atoms with Crippen LogP contribution in [0.5, 0.6) is 0 Å². The lowest BCUT2D eigenvalue weighted by Crippen LogP contribution is -2.29. The molecule has 146 valence electrons. The van der Waals surface area contributed by atoms with Crippen LogP contribution in [0, 0.1) is 11.7 Å². The number of ketones is 1. The van der Waals surface area contributed by atoms with Gasteiger partial charge in [-0.15, -0.1) is 0 Å². The van der Waals surface area contributed by atoms with Gasteiger partial charge in [0.05, 0.1) is 11.2 Å². The van der Waals surface area contributed by atoms with Gasteiger partial charge in [0.2, 0.25) is 0 Å². The molecular weight excluding hydrogens is 381 g/mol. The van der Waals surface area contributed by atoms with Crippen molar-refractivity contribution in [2.24, 2.45) is 5.92 Å². The van der Waals surface area contributed by atoms with E-state index >= 15 is 0 Å². The normalized spacial score (nSPS) is 19.7. The largest absolute Gasteiger partial charge is 0.365 e. The van der Waals surface area contributed by atoms with E-state index < -0.39 is 5.82 Å². The molecule has 1 aliphatic rings. The fourth-order valence-corrected chi connectivity index (χ4v) is 4.13. The maximum absolute atomic E-state index is 14.4. The number of Topliss-reactive ketones (excluding diaryl/α,β-unsaturated/α-hetero) is 1. The minimum Gasteiger partial charge on any atom is -0.365 e. The first kappa shape index (κ1) is 18.8. The average molecular weight is 402 g/mol. The molecule has 1 saturated carbocycles. The summed E-state index contributed by atoms with van der Waals surface area (Å²) in [6.45, 7) is 1.62. The zero-order valence-corrected chi connectivity index (χ0v) is 16.3. The van der Waals surface area contributed by atoms with Crippen molar-refractivity contribution in [2.45, 2.75) is 45.1 Å². The molecule has 0 radical (unpaired) electrons. The molecule has 0 bridgehead atoms. The number of anilines is 1. The van der Waals surface area contributed by atoms with Crippen LogP contribution in [0.1, 0.15) is 39.0 Å². The summed E-state index contributed by atoms with van der Waals surface area (Å²) < 4.78 is 14.4. The molecule has 0 aromatic carbocycles. The van der Waals surface area contributed by atoms with E-state index in [2.05, 4.69) is 25.3 Å². The first-order chi connectivity index (χ1) is 13.5. The molecule has 3 heterocycles. The van der Waals surface area contributed by atoms with Crippen LogP contribution >= 0.6 is 11.6 Å². The smallest absolute Gasteiger partial charge is 0.183 e.